The van der Waals surface area contributed by atoms with Gasteiger partial charge in [-0.15, -0.1) is 24.8 Å². The lowest BCUT2D eigenvalue weighted by Crippen LogP contribution is -2.46. The van der Waals surface area contributed by atoms with Crippen molar-refractivity contribution in [3.05, 3.63) is 0 Å². The molecule has 0 aromatic carbocycles. The van der Waals surface area contributed by atoms with Crippen LogP contribution in [0.25, 0.3) is 0 Å². The second kappa shape index (κ2) is 8.57. The Bertz CT molecular complexity index is 428. The van der Waals surface area contributed by atoms with Crippen LogP contribution in [-0.4, -0.2) is 54.5 Å². The Kier molecular flexibility index (Phi) is 7.24. The van der Waals surface area contributed by atoms with Crippen LogP contribution in [0.3, 0.4) is 0 Å². The van der Waals surface area contributed by atoms with E-state index in [9.17, 15) is 4.79 Å². The molecule has 2 heterocycles. The summed E-state index contributed by atoms with van der Waals surface area (Å²) >= 11 is 0. The van der Waals surface area contributed by atoms with Crippen molar-refractivity contribution in [2.24, 2.45) is 29.4 Å². The molecule has 2 saturated heterocycles. The van der Waals surface area contributed by atoms with Crippen LogP contribution in [0.15, 0.2) is 0 Å². The van der Waals surface area contributed by atoms with Crippen LogP contribution >= 0.6 is 24.8 Å². The Morgan fingerprint density at radius 2 is 1.67 bits per heavy atom. The van der Waals surface area contributed by atoms with Crippen molar-refractivity contribution in [2.75, 3.05) is 32.7 Å². The number of amides is 1. The Hall–Kier alpha value is -0.0300. The molecular weight excluding hydrogens is 345 g/mol. The zero-order valence-corrected chi connectivity index (χ0v) is 16.2. The first kappa shape index (κ1) is 20.3. The fourth-order valence-electron chi connectivity index (χ4n) is 5.60. The maximum atomic E-state index is 12.9. The second-order valence-electron chi connectivity index (χ2n) is 8.24. The molecule has 2 N–H and O–H groups in total. The SMILES string of the molecule is Cl.Cl.NC1C2CCC(C2)C1C(=O)N1CCC(CN2CCCCC2)C1. The number of halogens is 2. The van der Waals surface area contributed by atoms with Gasteiger partial charge in [-0.05, 0) is 69.4 Å². The molecule has 4 nitrogen and oxygen atoms in total. The number of nitrogens with two attached hydrogens (primary N) is 1. The molecule has 0 aromatic heterocycles. The van der Waals surface area contributed by atoms with Gasteiger partial charge in [0.2, 0.25) is 5.91 Å². The average Bonchev–Trinajstić information content (AvgIpc) is 3.23. The van der Waals surface area contributed by atoms with E-state index < -0.39 is 0 Å². The number of likely N-dealkylation sites (tertiary alicyclic amines) is 2. The molecule has 0 spiro atoms. The second-order valence-corrected chi connectivity index (χ2v) is 8.24. The molecule has 140 valence electrons. The molecule has 4 rings (SSSR count). The van der Waals surface area contributed by atoms with Crippen molar-refractivity contribution < 1.29 is 4.79 Å². The highest BCUT2D eigenvalue weighted by Gasteiger charge is 2.50. The lowest BCUT2D eigenvalue weighted by molar-refractivity contribution is -0.136. The van der Waals surface area contributed by atoms with E-state index in [0.29, 0.717) is 23.7 Å². The van der Waals surface area contributed by atoms with Gasteiger partial charge in [0, 0.05) is 25.7 Å². The molecule has 4 aliphatic rings. The summed E-state index contributed by atoms with van der Waals surface area (Å²) in [6.45, 7) is 5.68. The van der Waals surface area contributed by atoms with E-state index in [1.165, 1.54) is 64.6 Å². The van der Waals surface area contributed by atoms with Gasteiger partial charge in [0.15, 0.2) is 0 Å². The molecule has 6 heteroatoms. The van der Waals surface area contributed by atoms with Gasteiger partial charge in [0.25, 0.3) is 0 Å². The first-order valence-electron chi connectivity index (χ1n) is 9.49. The third kappa shape index (κ3) is 3.87. The number of carbonyl (C=O) groups excluding carboxylic acids is 1. The third-order valence-corrected chi connectivity index (χ3v) is 6.83. The van der Waals surface area contributed by atoms with Gasteiger partial charge in [-0.3, -0.25) is 4.79 Å². The van der Waals surface area contributed by atoms with Crippen LogP contribution < -0.4 is 5.73 Å². The zero-order chi connectivity index (χ0) is 15.1. The summed E-state index contributed by atoms with van der Waals surface area (Å²) in [5, 5.41) is 0. The molecule has 5 unspecified atom stereocenters. The topological polar surface area (TPSA) is 49.6 Å². The smallest absolute Gasteiger partial charge is 0.227 e. The lowest BCUT2D eigenvalue weighted by atomic mass is 9.84. The number of rotatable bonds is 3. The van der Waals surface area contributed by atoms with Gasteiger partial charge in [-0.2, -0.15) is 0 Å². The summed E-state index contributed by atoms with van der Waals surface area (Å²) in [5.41, 5.74) is 6.36. The van der Waals surface area contributed by atoms with Gasteiger partial charge in [0.05, 0.1) is 5.92 Å². The van der Waals surface area contributed by atoms with Crippen molar-refractivity contribution in [1.82, 2.24) is 9.80 Å². The molecule has 2 aliphatic heterocycles. The van der Waals surface area contributed by atoms with Crippen LogP contribution in [-0.2, 0) is 4.79 Å². The van der Waals surface area contributed by atoms with Crippen LogP contribution in [0.4, 0.5) is 0 Å². The van der Waals surface area contributed by atoms with Crippen LogP contribution in [0.2, 0.25) is 0 Å². The third-order valence-electron chi connectivity index (χ3n) is 6.83. The molecule has 0 aromatic rings. The lowest BCUT2D eigenvalue weighted by Gasteiger charge is -2.31. The maximum Gasteiger partial charge on any atom is 0.227 e. The Labute approximate surface area is 158 Å². The van der Waals surface area contributed by atoms with Crippen molar-refractivity contribution in [2.45, 2.75) is 51.0 Å². The van der Waals surface area contributed by atoms with Crippen LogP contribution in [0.1, 0.15) is 44.9 Å². The first-order chi connectivity index (χ1) is 10.7. The highest BCUT2D eigenvalue weighted by atomic mass is 35.5. The van der Waals surface area contributed by atoms with E-state index in [2.05, 4.69) is 9.80 Å². The van der Waals surface area contributed by atoms with Gasteiger partial charge in [-0.25, -0.2) is 0 Å². The predicted octanol–water partition coefficient (Wildman–Crippen LogP) is 2.54. The number of nitrogens with zero attached hydrogens (tertiary/aromatic N) is 2. The fraction of sp³-hybridized carbons (Fsp3) is 0.944. The van der Waals surface area contributed by atoms with E-state index in [1.54, 1.807) is 0 Å². The minimum absolute atomic E-state index is 0. The Balaban J connectivity index is 0.00000104. The van der Waals surface area contributed by atoms with E-state index in [0.717, 1.165) is 13.1 Å². The largest absolute Gasteiger partial charge is 0.342 e. The zero-order valence-electron chi connectivity index (χ0n) is 14.6. The number of carbonyl (C=O) groups is 1. The van der Waals surface area contributed by atoms with E-state index >= 15 is 0 Å². The molecule has 4 fully saturated rings. The van der Waals surface area contributed by atoms with Crippen molar-refractivity contribution in [3.63, 3.8) is 0 Å². The van der Waals surface area contributed by atoms with E-state index in [1.807, 2.05) is 0 Å². The molecule has 2 saturated carbocycles. The van der Waals surface area contributed by atoms with E-state index in [-0.39, 0.29) is 36.8 Å². The Morgan fingerprint density at radius 3 is 2.33 bits per heavy atom. The normalized spacial score (nSPS) is 38.7. The fourth-order valence-corrected chi connectivity index (χ4v) is 5.60. The molecule has 2 aliphatic carbocycles. The summed E-state index contributed by atoms with van der Waals surface area (Å²) in [5.74, 6) is 2.45. The van der Waals surface area contributed by atoms with Gasteiger partial charge in [0.1, 0.15) is 0 Å². The van der Waals surface area contributed by atoms with Gasteiger partial charge < -0.3 is 15.5 Å². The minimum Gasteiger partial charge on any atom is -0.342 e. The summed E-state index contributed by atoms with van der Waals surface area (Å²) in [7, 11) is 0. The first-order valence-corrected chi connectivity index (χ1v) is 9.49. The molecule has 2 bridgehead atoms. The minimum atomic E-state index is 0. The summed E-state index contributed by atoms with van der Waals surface area (Å²) in [4.78, 5) is 17.7. The standard InChI is InChI=1S/C18H31N3O.2ClH/c19-17-15-5-4-14(10-15)16(17)18(22)21-9-6-13(12-21)11-20-7-2-1-3-8-20;;/h13-17H,1-12,19H2;2*1H. The molecule has 24 heavy (non-hydrogen) atoms. The molecule has 0 radical (unpaired) electrons. The number of fused-ring (bicyclic) bond motifs is 2. The average molecular weight is 378 g/mol. The van der Waals surface area contributed by atoms with Crippen molar-refractivity contribution in [1.29, 1.82) is 0 Å². The summed E-state index contributed by atoms with van der Waals surface area (Å²) < 4.78 is 0. The van der Waals surface area contributed by atoms with Crippen LogP contribution in [0, 0.1) is 23.7 Å². The monoisotopic (exact) mass is 377 g/mol. The molecule has 5 atom stereocenters. The van der Waals surface area contributed by atoms with Crippen LogP contribution in [0.5, 0.6) is 0 Å². The highest BCUT2D eigenvalue weighted by molar-refractivity contribution is 5.85. The summed E-state index contributed by atoms with van der Waals surface area (Å²) in [6, 6.07) is 0.146. The van der Waals surface area contributed by atoms with Crippen molar-refractivity contribution in [3.8, 4) is 0 Å². The predicted molar refractivity (Wildman–Crippen MR) is 102 cm³/mol. The summed E-state index contributed by atoms with van der Waals surface area (Å²) in [6.07, 6.45) is 9.01. The maximum absolute atomic E-state index is 12.9. The number of piperidine rings is 1. The Morgan fingerprint density at radius 1 is 0.958 bits per heavy atom. The number of hydrogen-bond acceptors (Lipinski definition) is 3. The molecular formula is C18H33Cl2N3O. The highest BCUT2D eigenvalue weighted by Crippen LogP contribution is 2.48. The molecule has 1 amide bonds. The van der Waals surface area contributed by atoms with Gasteiger partial charge >= 0.3 is 0 Å². The quantitative estimate of drug-likeness (QED) is 0.821. The van der Waals surface area contributed by atoms with Crippen molar-refractivity contribution >= 4 is 30.7 Å². The van der Waals surface area contributed by atoms with Gasteiger partial charge in [-0.1, -0.05) is 6.42 Å². The number of hydrogen-bond donors (Lipinski definition) is 1. The van der Waals surface area contributed by atoms with E-state index in [4.69, 9.17) is 5.73 Å².